The molecule has 0 bridgehead atoms. The van der Waals surface area contributed by atoms with Gasteiger partial charge in [0.1, 0.15) is 5.75 Å². The molecule has 0 atom stereocenters. The van der Waals surface area contributed by atoms with Crippen molar-refractivity contribution in [1.82, 2.24) is 0 Å². The second kappa shape index (κ2) is 7.18. The number of nitrogen functional groups attached to an aromatic ring is 1. The number of amides is 1. The van der Waals surface area contributed by atoms with Crippen molar-refractivity contribution >= 4 is 44.8 Å². The number of ether oxygens (including phenoxy) is 1. The summed E-state index contributed by atoms with van der Waals surface area (Å²) in [5.74, 6) is -0.523. The number of hydrogen-bond acceptors (Lipinski definition) is 5. The molecule has 7 heteroatoms. The van der Waals surface area contributed by atoms with Gasteiger partial charge in [-0.25, -0.2) is 0 Å². The fourth-order valence-corrected chi connectivity index (χ4v) is 3.75. The number of rotatable bonds is 3. The Morgan fingerprint density at radius 3 is 2.14 bits per heavy atom. The monoisotopic (exact) mass is 450 g/mol. The van der Waals surface area contributed by atoms with E-state index in [1.165, 1.54) is 13.2 Å². The lowest BCUT2D eigenvalue weighted by molar-refractivity contribution is 0.0979. The van der Waals surface area contributed by atoms with Crippen LogP contribution in [0.4, 0.5) is 11.4 Å². The van der Waals surface area contributed by atoms with Crippen molar-refractivity contribution in [1.29, 1.82) is 0 Å². The molecule has 0 spiro atoms. The number of fused-ring (bicyclic) bond motifs is 2. The molecule has 3 aromatic rings. The normalized spacial score (nSPS) is 12.2. The van der Waals surface area contributed by atoms with Gasteiger partial charge in [0.2, 0.25) is 0 Å². The second-order valence-corrected chi connectivity index (χ2v) is 7.31. The number of carbonyl (C=O) groups excluding carboxylic acids is 3. The molecule has 3 aromatic carbocycles. The smallest absolute Gasteiger partial charge is 0.255 e. The van der Waals surface area contributed by atoms with Crippen LogP contribution in [0.2, 0.25) is 0 Å². The minimum Gasteiger partial charge on any atom is -0.497 e. The maximum absolute atomic E-state index is 13.1. The summed E-state index contributed by atoms with van der Waals surface area (Å²) in [6.45, 7) is 0. The Balaban J connectivity index is 1.81. The van der Waals surface area contributed by atoms with Gasteiger partial charge in [-0.3, -0.25) is 14.4 Å². The highest BCUT2D eigenvalue weighted by atomic mass is 79.9. The van der Waals surface area contributed by atoms with Crippen molar-refractivity contribution in [2.45, 2.75) is 0 Å². The van der Waals surface area contributed by atoms with Crippen LogP contribution < -0.4 is 15.8 Å². The first kappa shape index (κ1) is 18.9. The van der Waals surface area contributed by atoms with E-state index < -0.39 is 5.91 Å². The van der Waals surface area contributed by atoms with Gasteiger partial charge >= 0.3 is 0 Å². The van der Waals surface area contributed by atoms with E-state index in [4.69, 9.17) is 10.5 Å². The molecular formula is C22H15BrN2O4. The third kappa shape index (κ3) is 3.09. The summed E-state index contributed by atoms with van der Waals surface area (Å²) in [7, 11) is 1.54. The molecule has 0 heterocycles. The highest BCUT2D eigenvalue weighted by Crippen LogP contribution is 2.39. The molecule has 3 N–H and O–H groups in total. The van der Waals surface area contributed by atoms with Gasteiger partial charge in [-0.15, -0.1) is 0 Å². The van der Waals surface area contributed by atoms with Crippen LogP contribution in [0.3, 0.4) is 0 Å². The number of nitrogens with one attached hydrogen (secondary N) is 1. The van der Waals surface area contributed by atoms with Crippen LogP contribution in [0.25, 0.3) is 0 Å². The summed E-state index contributed by atoms with van der Waals surface area (Å²) in [6, 6.07) is 14.6. The molecule has 29 heavy (non-hydrogen) atoms. The third-order valence-corrected chi connectivity index (χ3v) is 5.44. The molecular weight excluding hydrogens is 436 g/mol. The topological polar surface area (TPSA) is 98.5 Å². The molecule has 0 aliphatic heterocycles. The van der Waals surface area contributed by atoms with E-state index in [1.54, 1.807) is 48.5 Å². The minimum absolute atomic E-state index is 0.0908. The lowest BCUT2D eigenvalue weighted by atomic mass is 9.82. The predicted octanol–water partition coefficient (Wildman–Crippen LogP) is 4.07. The fourth-order valence-electron chi connectivity index (χ4n) is 3.32. The number of nitrogens with two attached hydrogens (primary N) is 1. The number of benzene rings is 3. The Morgan fingerprint density at radius 2 is 1.55 bits per heavy atom. The zero-order valence-corrected chi connectivity index (χ0v) is 16.9. The van der Waals surface area contributed by atoms with Crippen LogP contribution in [-0.4, -0.2) is 24.6 Å². The maximum Gasteiger partial charge on any atom is 0.255 e. The average molecular weight is 451 g/mol. The van der Waals surface area contributed by atoms with Crippen molar-refractivity contribution in [2.75, 3.05) is 18.2 Å². The first-order chi connectivity index (χ1) is 13.9. The Morgan fingerprint density at radius 1 is 0.966 bits per heavy atom. The predicted molar refractivity (Wildman–Crippen MR) is 113 cm³/mol. The molecule has 1 amide bonds. The molecule has 144 valence electrons. The highest BCUT2D eigenvalue weighted by Gasteiger charge is 2.34. The lowest BCUT2D eigenvalue weighted by Crippen LogP contribution is -2.25. The van der Waals surface area contributed by atoms with E-state index in [0.29, 0.717) is 21.3 Å². The Labute approximate surface area is 174 Å². The zero-order chi connectivity index (χ0) is 20.7. The van der Waals surface area contributed by atoms with E-state index in [9.17, 15) is 14.4 Å². The first-order valence-electron chi connectivity index (χ1n) is 8.68. The van der Waals surface area contributed by atoms with Gasteiger partial charge in [0.05, 0.1) is 29.6 Å². The van der Waals surface area contributed by atoms with Gasteiger partial charge in [0.25, 0.3) is 5.91 Å². The molecule has 0 saturated carbocycles. The summed E-state index contributed by atoms with van der Waals surface area (Å²) in [6.07, 6.45) is 0. The number of carbonyl (C=O) groups is 3. The number of halogens is 1. The molecule has 1 aliphatic carbocycles. The number of hydrogen-bond donors (Lipinski definition) is 2. The Kier molecular flexibility index (Phi) is 4.68. The largest absolute Gasteiger partial charge is 0.497 e. The van der Waals surface area contributed by atoms with Crippen LogP contribution in [0, 0.1) is 0 Å². The standard InChI is InChI=1S/C22H15BrN2O4/c1-29-12-8-6-11(7-9-12)22(28)25-16-10-15(23)19(24)18-17(16)20(26)13-4-2-3-5-14(13)21(18)27/h2-10H,24H2,1H3,(H,25,28). The first-order valence-corrected chi connectivity index (χ1v) is 9.47. The summed E-state index contributed by atoms with van der Waals surface area (Å²) in [4.78, 5) is 38.9. The van der Waals surface area contributed by atoms with Crippen LogP contribution in [0.1, 0.15) is 42.2 Å². The fraction of sp³-hybridized carbons (Fsp3) is 0.0455. The van der Waals surface area contributed by atoms with E-state index in [2.05, 4.69) is 21.2 Å². The van der Waals surface area contributed by atoms with Gasteiger partial charge in [-0.05, 0) is 46.3 Å². The summed E-state index contributed by atoms with van der Waals surface area (Å²) < 4.78 is 5.51. The molecule has 6 nitrogen and oxygen atoms in total. The second-order valence-electron chi connectivity index (χ2n) is 6.46. The van der Waals surface area contributed by atoms with Crippen LogP contribution in [-0.2, 0) is 0 Å². The summed E-state index contributed by atoms with van der Waals surface area (Å²) in [5.41, 5.74) is 7.63. The Hall–Kier alpha value is -3.45. The SMILES string of the molecule is COc1ccc(C(=O)Nc2cc(Br)c(N)c3c2C(=O)c2ccccc2C3=O)cc1. The van der Waals surface area contributed by atoms with Gasteiger partial charge < -0.3 is 15.8 Å². The Bertz CT molecular complexity index is 1190. The van der Waals surface area contributed by atoms with Crippen molar-refractivity contribution in [3.63, 3.8) is 0 Å². The quantitative estimate of drug-likeness (QED) is 0.458. The molecule has 0 radical (unpaired) electrons. The highest BCUT2D eigenvalue weighted by molar-refractivity contribution is 9.10. The number of ketones is 2. The van der Waals surface area contributed by atoms with Gasteiger partial charge in [0, 0.05) is 21.2 Å². The third-order valence-electron chi connectivity index (χ3n) is 4.79. The summed E-state index contributed by atoms with van der Waals surface area (Å²) in [5, 5.41) is 2.74. The lowest BCUT2D eigenvalue weighted by Gasteiger charge is -2.22. The van der Waals surface area contributed by atoms with Gasteiger partial charge in [0.15, 0.2) is 11.6 Å². The average Bonchev–Trinajstić information content (AvgIpc) is 2.74. The maximum atomic E-state index is 13.1. The molecule has 0 saturated heterocycles. The van der Waals surface area contributed by atoms with Crippen LogP contribution in [0.5, 0.6) is 5.75 Å². The van der Waals surface area contributed by atoms with Gasteiger partial charge in [-0.2, -0.15) is 0 Å². The number of methoxy groups -OCH3 is 1. The molecule has 0 aromatic heterocycles. The van der Waals surface area contributed by atoms with E-state index in [-0.39, 0.29) is 39.6 Å². The van der Waals surface area contributed by atoms with E-state index >= 15 is 0 Å². The van der Waals surface area contributed by atoms with Crippen LogP contribution in [0.15, 0.2) is 59.1 Å². The summed E-state index contributed by atoms with van der Waals surface area (Å²) >= 11 is 3.32. The van der Waals surface area contributed by atoms with Gasteiger partial charge in [-0.1, -0.05) is 24.3 Å². The zero-order valence-electron chi connectivity index (χ0n) is 15.3. The van der Waals surface area contributed by atoms with Crippen molar-refractivity contribution in [3.8, 4) is 5.75 Å². The molecule has 1 aliphatic rings. The van der Waals surface area contributed by atoms with Crippen molar-refractivity contribution in [3.05, 3.63) is 86.9 Å². The van der Waals surface area contributed by atoms with E-state index in [0.717, 1.165) is 0 Å². The number of anilines is 2. The molecule has 4 rings (SSSR count). The van der Waals surface area contributed by atoms with E-state index in [1.807, 2.05) is 0 Å². The molecule has 0 unspecified atom stereocenters. The minimum atomic E-state index is -0.425. The van der Waals surface area contributed by atoms with Crippen molar-refractivity contribution < 1.29 is 19.1 Å². The van der Waals surface area contributed by atoms with Crippen molar-refractivity contribution in [2.24, 2.45) is 0 Å². The van der Waals surface area contributed by atoms with Crippen LogP contribution >= 0.6 is 15.9 Å². The molecule has 0 fully saturated rings.